The predicted molar refractivity (Wildman–Crippen MR) is 50.3 cm³/mol. The quantitative estimate of drug-likeness (QED) is 0.748. The molecule has 0 radical (unpaired) electrons. The van der Waals surface area contributed by atoms with Crippen molar-refractivity contribution in [2.45, 2.75) is 0 Å². The minimum Gasteiger partial charge on any atom is -0.495 e. The van der Waals surface area contributed by atoms with Crippen LogP contribution < -0.4 is 10.5 Å². The molecule has 0 aliphatic heterocycles. The van der Waals surface area contributed by atoms with Crippen molar-refractivity contribution in [2.24, 2.45) is 5.73 Å². The Hall–Kier alpha value is -2.04. The summed E-state index contributed by atoms with van der Waals surface area (Å²) in [5, 5.41) is 0. The maximum absolute atomic E-state index is 11.0. The summed E-state index contributed by atoms with van der Waals surface area (Å²) in [6.45, 7) is 0. The number of carbonyl (C=O) groups excluding carboxylic acids is 1. The number of imidazole rings is 1. The summed E-state index contributed by atoms with van der Waals surface area (Å²) in [4.78, 5) is 14.9. The van der Waals surface area contributed by atoms with Crippen molar-refractivity contribution in [3.05, 3.63) is 30.4 Å². The maximum Gasteiger partial charge on any atom is 0.285 e. The molecule has 0 saturated heterocycles. The van der Waals surface area contributed by atoms with Crippen LogP contribution in [0.5, 0.6) is 5.75 Å². The molecule has 72 valence electrons. The number of fused-ring (bicyclic) bond motifs is 1. The summed E-state index contributed by atoms with van der Waals surface area (Å²) in [6, 6.07) is 3.60. The molecule has 14 heavy (non-hydrogen) atoms. The molecule has 2 rings (SSSR count). The van der Waals surface area contributed by atoms with Gasteiger partial charge in [-0.1, -0.05) is 0 Å². The standard InChI is InChI=1S/C9H9N3O2/c1-14-7-3-2-6-4-11-9(8(10)13)12(6)5-7/h2-5H,1H3,(H2,10,13). The van der Waals surface area contributed by atoms with Gasteiger partial charge < -0.3 is 10.5 Å². The van der Waals surface area contributed by atoms with Gasteiger partial charge in [0.1, 0.15) is 5.75 Å². The van der Waals surface area contributed by atoms with Crippen LogP contribution in [0.25, 0.3) is 5.52 Å². The van der Waals surface area contributed by atoms with Crippen LogP contribution in [0, 0.1) is 0 Å². The second kappa shape index (κ2) is 3.02. The van der Waals surface area contributed by atoms with Gasteiger partial charge in [0, 0.05) is 0 Å². The first-order chi connectivity index (χ1) is 6.72. The third-order valence-corrected chi connectivity index (χ3v) is 1.96. The Morgan fingerprint density at radius 2 is 2.36 bits per heavy atom. The summed E-state index contributed by atoms with van der Waals surface area (Å²) in [5.41, 5.74) is 5.96. The van der Waals surface area contributed by atoms with Gasteiger partial charge in [-0.05, 0) is 12.1 Å². The largest absolute Gasteiger partial charge is 0.495 e. The van der Waals surface area contributed by atoms with Crippen LogP contribution in [0.3, 0.4) is 0 Å². The fourth-order valence-electron chi connectivity index (χ4n) is 1.27. The second-order valence-corrected chi connectivity index (χ2v) is 2.81. The van der Waals surface area contributed by atoms with Crippen molar-refractivity contribution >= 4 is 11.4 Å². The number of nitrogens with zero attached hydrogens (tertiary/aromatic N) is 2. The molecule has 1 amide bonds. The number of hydrogen-bond acceptors (Lipinski definition) is 3. The van der Waals surface area contributed by atoms with Crippen molar-refractivity contribution in [3.63, 3.8) is 0 Å². The van der Waals surface area contributed by atoms with Gasteiger partial charge in [-0.2, -0.15) is 0 Å². The Morgan fingerprint density at radius 1 is 1.57 bits per heavy atom. The molecule has 0 aromatic carbocycles. The van der Waals surface area contributed by atoms with Gasteiger partial charge in [0.2, 0.25) is 5.82 Å². The van der Waals surface area contributed by atoms with Gasteiger partial charge in [-0.15, -0.1) is 0 Å². The molecule has 0 saturated carbocycles. The van der Waals surface area contributed by atoms with E-state index in [1.165, 1.54) is 0 Å². The Morgan fingerprint density at radius 3 is 3.00 bits per heavy atom. The molecular weight excluding hydrogens is 182 g/mol. The third-order valence-electron chi connectivity index (χ3n) is 1.96. The first-order valence-corrected chi connectivity index (χ1v) is 4.03. The first-order valence-electron chi connectivity index (χ1n) is 4.03. The zero-order chi connectivity index (χ0) is 10.1. The van der Waals surface area contributed by atoms with Crippen LogP contribution in [0.4, 0.5) is 0 Å². The number of methoxy groups -OCH3 is 1. The monoisotopic (exact) mass is 191 g/mol. The van der Waals surface area contributed by atoms with Crippen LogP contribution in [0.15, 0.2) is 24.5 Å². The van der Waals surface area contributed by atoms with E-state index in [4.69, 9.17) is 10.5 Å². The van der Waals surface area contributed by atoms with Gasteiger partial charge in [0.15, 0.2) is 0 Å². The Kier molecular flexibility index (Phi) is 1.85. The van der Waals surface area contributed by atoms with E-state index >= 15 is 0 Å². The zero-order valence-electron chi connectivity index (χ0n) is 7.60. The second-order valence-electron chi connectivity index (χ2n) is 2.81. The lowest BCUT2D eigenvalue weighted by Gasteiger charge is -2.01. The van der Waals surface area contributed by atoms with Crippen molar-refractivity contribution in [2.75, 3.05) is 7.11 Å². The molecule has 2 aromatic rings. The maximum atomic E-state index is 11.0. The molecular formula is C9H9N3O2. The minimum atomic E-state index is -0.557. The van der Waals surface area contributed by atoms with E-state index < -0.39 is 5.91 Å². The van der Waals surface area contributed by atoms with E-state index in [2.05, 4.69) is 4.98 Å². The topological polar surface area (TPSA) is 69.6 Å². The number of pyridine rings is 1. The van der Waals surface area contributed by atoms with Gasteiger partial charge in [0.25, 0.3) is 5.91 Å². The molecule has 0 aliphatic carbocycles. The number of hydrogen-bond donors (Lipinski definition) is 1. The van der Waals surface area contributed by atoms with Crippen molar-refractivity contribution in [1.29, 1.82) is 0 Å². The van der Waals surface area contributed by atoms with E-state index in [9.17, 15) is 4.79 Å². The fourth-order valence-corrected chi connectivity index (χ4v) is 1.27. The number of amides is 1. The van der Waals surface area contributed by atoms with E-state index in [-0.39, 0.29) is 5.82 Å². The zero-order valence-corrected chi connectivity index (χ0v) is 7.60. The van der Waals surface area contributed by atoms with Crippen LogP contribution >= 0.6 is 0 Å². The van der Waals surface area contributed by atoms with Gasteiger partial charge in [0.05, 0.1) is 25.0 Å². The first kappa shape index (κ1) is 8.55. The summed E-state index contributed by atoms with van der Waals surface area (Å²) < 4.78 is 6.62. The molecule has 0 bridgehead atoms. The molecule has 0 unspecified atom stereocenters. The highest BCUT2D eigenvalue weighted by Crippen LogP contribution is 2.14. The highest BCUT2D eigenvalue weighted by atomic mass is 16.5. The number of primary amides is 1. The number of aromatic nitrogens is 2. The van der Waals surface area contributed by atoms with Gasteiger partial charge in [-0.3, -0.25) is 9.20 Å². The summed E-state index contributed by atoms with van der Waals surface area (Å²) in [6.07, 6.45) is 3.25. The smallest absolute Gasteiger partial charge is 0.285 e. The van der Waals surface area contributed by atoms with Crippen molar-refractivity contribution in [3.8, 4) is 5.75 Å². The minimum absolute atomic E-state index is 0.207. The van der Waals surface area contributed by atoms with Crippen LogP contribution in [0.2, 0.25) is 0 Å². The average Bonchev–Trinajstić information content (AvgIpc) is 2.59. The van der Waals surface area contributed by atoms with E-state index in [0.717, 1.165) is 5.52 Å². The molecule has 0 aliphatic rings. The lowest BCUT2D eigenvalue weighted by atomic mass is 10.4. The fraction of sp³-hybridized carbons (Fsp3) is 0.111. The molecule has 0 spiro atoms. The Labute approximate surface area is 80.1 Å². The number of carbonyl (C=O) groups is 1. The Balaban J connectivity index is 2.69. The molecule has 0 atom stereocenters. The van der Waals surface area contributed by atoms with E-state index in [1.807, 2.05) is 0 Å². The number of ether oxygens (including phenoxy) is 1. The predicted octanol–water partition coefficient (Wildman–Crippen LogP) is 0.442. The van der Waals surface area contributed by atoms with E-state index in [0.29, 0.717) is 5.75 Å². The van der Waals surface area contributed by atoms with Crippen LogP contribution in [-0.2, 0) is 0 Å². The van der Waals surface area contributed by atoms with Gasteiger partial charge in [-0.25, -0.2) is 4.98 Å². The summed E-state index contributed by atoms with van der Waals surface area (Å²) in [7, 11) is 1.56. The molecule has 5 nitrogen and oxygen atoms in total. The lowest BCUT2D eigenvalue weighted by molar-refractivity contribution is 0.0990. The molecule has 0 fully saturated rings. The van der Waals surface area contributed by atoms with E-state index in [1.54, 1.807) is 36.0 Å². The SMILES string of the molecule is COc1ccc2cnc(C(N)=O)n2c1. The Bertz CT molecular complexity index is 490. The number of rotatable bonds is 2. The normalized spacial score (nSPS) is 10.4. The molecule has 2 heterocycles. The van der Waals surface area contributed by atoms with Crippen molar-refractivity contribution < 1.29 is 9.53 Å². The van der Waals surface area contributed by atoms with Crippen LogP contribution in [-0.4, -0.2) is 22.4 Å². The highest BCUT2D eigenvalue weighted by Gasteiger charge is 2.08. The third kappa shape index (κ3) is 1.19. The lowest BCUT2D eigenvalue weighted by Crippen LogP contribution is -2.15. The molecule has 2 N–H and O–H groups in total. The molecule has 2 aromatic heterocycles. The summed E-state index contributed by atoms with van der Waals surface area (Å²) in [5.74, 6) is 0.301. The number of nitrogens with two attached hydrogens (primary N) is 1. The van der Waals surface area contributed by atoms with Crippen LogP contribution in [0.1, 0.15) is 10.6 Å². The van der Waals surface area contributed by atoms with Crippen molar-refractivity contribution in [1.82, 2.24) is 9.38 Å². The highest BCUT2D eigenvalue weighted by molar-refractivity contribution is 5.90. The molecule has 5 heteroatoms. The van der Waals surface area contributed by atoms with Gasteiger partial charge >= 0.3 is 0 Å². The average molecular weight is 191 g/mol. The summed E-state index contributed by atoms with van der Waals surface area (Å²) >= 11 is 0.